The van der Waals surface area contributed by atoms with Crippen LogP contribution in [0.25, 0.3) is 10.9 Å². The normalized spacial score (nSPS) is 14.9. The van der Waals surface area contributed by atoms with Gasteiger partial charge < -0.3 is 9.84 Å². The summed E-state index contributed by atoms with van der Waals surface area (Å²) < 4.78 is 5.14. The molecule has 1 aromatic carbocycles. The van der Waals surface area contributed by atoms with E-state index < -0.39 is 6.10 Å². The minimum atomic E-state index is -0.627. The number of ether oxygens (including phenoxy) is 1. The van der Waals surface area contributed by atoms with Gasteiger partial charge in [-0.2, -0.15) is 0 Å². The fourth-order valence-corrected chi connectivity index (χ4v) is 1.77. The van der Waals surface area contributed by atoms with E-state index in [2.05, 4.69) is 4.98 Å². The Morgan fingerprint density at radius 1 is 1.25 bits per heavy atom. The Morgan fingerprint density at radius 3 is 2.81 bits per heavy atom. The maximum absolute atomic E-state index is 10.1. The number of benzene rings is 1. The standard InChI is InChI=1S/C13H15NO2/c1-9(16-2)13(15)11-5-3-7-12-10(11)6-4-8-14-12/h3-9,13,15H,1-2H3. The van der Waals surface area contributed by atoms with Crippen LogP contribution < -0.4 is 0 Å². The lowest BCUT2D eigenvalue weighted by Gasteiger charge is -2.19. The Hall–Kier alpha value is -1.45. The third kappa shape index (κ3) is 1.92. The largest absolute Gasteiger partial charge is 0.386 e. The Labute approximate surface area is 94.7 Å². The first-order valence-corrected chi connectivity index (χ1v) is 5.28. The fraction of sp³-hybridized carbons (Fsp3) is 0.308. The van der Waals surface area contributed by atoms with Gasteiger partial charge in [0.2, 0.25) is 0 Å². The van der Waals surface area contributed by atoms with E-state index in [4.69, 9.17) is 4.74 Å². The molecule has 0 aliphatic heterocycles. The highest BCUT2D eigenvalue weighted by molar-refractivity contribution is 5.82. The number of aliphatic hydroxyl groups is 1. The van der Waals surface area contributed by atoms with E-state index in [1.165, 1.54) is 0 Å². The smallest absolute Gasteiger partial charge is 0.105 e. The van der Waals surface area contributed by atoms with Crippen LogP contribution in [0.1, 0.15) is 18.6 Å². The molecule has 1 heterocycles. The summed E-state index contributed by atoms with van der Waals surface area (Å²) in [6.45, 7) is 1.85. The molecule has 2 rings (SSSR count). The lowest BCUT2D eigenvalue weighted by molar-refractivity contribution is -0.000682. The van der Waals surface area contributed by atoms with Gasteiger partial charge in [0.05, 0.1) is 11.6 Å². The van der Waals surface area contributed by atoms with Gasteiger partial charge >= 0.3 is 0 Å². The predicted molar refractivity (Wildman–Crippen MR) is 63.2 cm³/mol. The van der Waals surface area contributed by atoms with Gasteiger partial charge in [-0.15, -0.1) is 0 Å². The van der Waals surface area contributed by atoms with E-state index in [1.54, 1.807) is 13.3 Å². The number of pyridine rings is 1. The Morgan fingerprint density at radius 2 is 2.06 bits per heavy atom. The highest BCUT2D eigenvalue weighted by Gasteiger charge is 2.17. The zero-order valence-corrected chi connectivity index (χ0v) is 9.42. The molecule has 2 unspecified atom stereocenters. The van der Waals surface area contributed by atoms with Crippen molar-refractivity contribution in [1.82, 2.24) is 4.98 Å². The quantitative estimate of drug-likeness (QED) is 0.857. The molecule has 1 N–H and O–H groups in total. The zero-order valence-electron chi connectivity index (χ0n) is 9.42. The van der Waals surface area contributed by atoms with Crippen molar-refractivity contribution in [3.05, 3.63) is 42.1 Å². The van der Waals surface area contributed by atoms with Crippen LogP contribution in [0.2, 0.25) is 0 Å². The fourth-order valence-electron chi connectivity index (χ4n) is 1.77. The second-order valence-corrected chi connectivity index (χ2v) is 3.80. The molecule has 2 atom stereocenters. The molecule has 0 radical (unpaired) electrons. The second kappa shape index (κ2) is 4.60. The SMILES string of the molecule is COC(C)C(O)c1cccc2ncccc12. The minimum Gasteiger partial charge on any atom is -0.386 e. The summed E-state index contributed by atoms with van der Waals surface area (Å²) in [5.74, 6) is 0. The Bertz CT molecular complexity index is 479. The lowest BCUT2D eigenvalue weighted by atomic mass is 10.0. The highest BCUT2D eigenvalue weighted by atomic mass is 16.5. The third-order valence-corrected chi connectivity index (χ3v) is 2.81. The summed E-state index contributed by atoms with van der Waals surface area (Å²) in [5, 5.41) is 11.1. The van der Waals surface area contributed by atoms with Crippen molar-refractivity contribution >= 4 is 10.9 Å². The molecule has 0 fully saturated rings. The van der Waals surface area contributed by atoms with Crippen molar-refractivity contribution in [3.63, 3.8) is 0 Å². The van der Waals surface area contributed by atoms with Gasteiger partial charge in [-0.25, -0.2) is 0 Å². The molecule has 1 aromatic heterocycles. The number of nitrogens with zero attached hydrogens (tertiary/aromatic N) is 1. The van der Waals surface area contributed by atoms with Crippen LogP contribution in [-0.2, 0) is 4.74 Å². The van der Waals surface area contributed by atoms with Crippen LogP contribution in [0.3, 0.4) is 0 Å². The van der Waals surface area contributed by atoms with E-state index in [0.717, 1.165) is 16.5 Å². The molecule has 0 aliphatic rings. The highest BCUT2D eigenvalue weighted by Crippen LogP contribution is 2.25. The Balaban J connectivity index is 2.52. The monoisotopic (exact) mass is 217 g/mol. The number of rotatable bonds is 3. The van der Waals surface area contributed by atoms with Gasteiger partial charge in [-0.1, -0.05) is 18.2 Å². The summed E-state index contributed by atoms with van der Waals surface area (Å²) >= 11 is 0. The van der Waals surface area contributed by atoms with Gasteiger partial charge in [0, 0.05) is 18.7 Å². The molecular weight excluding hydrogens is 202 g/mol. The summed E-state index contributed by atoms with van der Waals surface area (Å²) in [6.07, 6.45) is 0.891. The number of fused-ring (bicyclic) bond motifs is 1. The average Bonchev–Trinajstić information content (AvgIpc) is 2.36. The van der Waals surface area contributed by atoms with Gasteiger partial charge in [0.15, 0.2) is 0 Å². The molecule has 0 bridgehead atoms. The van der Waals surface area contributed by atoms with Crippen LogP contribution >= 0.6 is 0 Å². The van der Waals surface area contributed by atoms with Crippen molar-refractivity contribution < 1.29 is 9.84 Å². The van der Waals surface area contributed by atoms with Gasteiger partial charge in [-0.3, -0.25) is 4.98 Å². The molecule has 0 aliphatic carbocycles. The maximum atomic E-state index is 10.1. The summed E-state index contributed by atoms with van der Waals surface area (Å²) in [4.78, 5) is 4.26. The van der Waals surface area contributed by atoms with E-state index >= 15 is 0 Å². The maximum Gasteiger partial charge on any atom is 0.105 e. The summed E-state index contributed by atoms with van der Waals surface area (Å²) in [6, 6.07) is 9.57. The summed E-state index contributed by atoms with van der Waals surface area (Å²) in [5.41, 5.74) is 1.75. The number of hydrogen-bond donors (Lipinski definition) is 1. The third-order valence-electron chi connectivity index (χ3n) is 2.81. The van der Waals surface area contributed by atoms with Crippen LogP contribution in [0.4, 0.5) is 0 Å². The molecule has 0 saturated carbocycles. The first-order valence-electron chi connectivity index (χ1n) is 5.28. The number of aromatic nitrogens is 1. The molecule has 84 valence electrons. The predicted octanol–water partition coefficient (Wildman–Crippen LogP) is 2.30. The number of methoxy groups -OCH3 is 1. The lowest BCUT2D eigenvalue weighted by Crippen LogP contribution is -2.17. The minimum absolute atomic E-state index is 0.231. The van der Waals surface area contributed by atoms with Crippen molar-refractivity contribution in [2.24, 2.45) is 0 Å². The van der Waals surface area contributed by atoms with Crippen molar-refractivity contribution in [2.75, 3.05) is 7.11 Å². The Kier molecular flexibility index (Phi) is 3.17. The molecule has 3 heteroatoms. The number of hydrogen-bond acceptors (Lipinski definition) is 3. The first-order chi connectivity index (χ1) is 7.74. The van der Waals surface area contributed by atoms with Crippen LogP contribution in [0, 0.1) is 0 Å². The van der Waals surface area contributed by atoms with Crippen molar-refractivity contribution in [3.8, 4) is 0 Å². The van der Waals surface area contributed by atoms with Crippen LogP contribution in [0.5, 0.6) is 0 Å². The van der Waals surface area contributed by atoms with E-state index in [-0.39, 0.29) is 6.10 Å². The van der Waals surface area contributed by atoms with Gasteiger partial charge in [0.1, 0.15) is 6.10 Å². The molecule has 0 saturated heterocycles. The van der Waals surface area contributed by atoms with Gasteiger partial charge in [0.25, 0.3) is 0 Å². The van der Waals surface area contributed by atoms with Crippen LogP contribution in [0.15, 0.2) is 36.5 Å². The summed E-state index contributed by atoms with van der Waals surface area (Å²) in [7, 11) is 1.59. The van der Waals surface area contributed by atoms with Gasteiger partial charge in [-0.05, 0) is 24.6 Å². The second-order valence-electron chi connectivity index (χ2n) is 3.80. The molecule has 2 aromatic rings. The molecule has 0 spiro atoms. The molecule has 16 heavy (non-hydrogen) atoms. The van der Waals surface area contributed by atoms with Crippen molar-refractivity contribution in [2.45, 2.75) is 19.1 Å². The molecule has 0 amide bonds. The zero-order chi connectivity index (χ0) is 11.5. The van der Waals surface area contributed by atoms with E-state index in [9.17, 15) is 5.11 Å². The van der Waals surface area contributed by atoms with Crippen LogP contribution in [-0.4, -0.2) is 23.3 Å². The number of aliphatic hydroxyl groups excluding tert-OH is 1. The topological polar surface area (TPSA) is 42.4 Å². The molecular formula is C13H15NO2. The van der Waals surface area contributed by atoms with E-state index in [0.29, 0.717) is 0 Å². The first kappa shape index (κ1) is 11.0. The van der Waals surface area contributed by atoms with Crippen molar-refractivity contribution in [1.29, 1.82) is 0 Å². The van der Waals surface area contributed by atoms with E-state index in [1.807, 2.05) is 37.3 Å². The average molecular weight is 217 g/mol. The molecule has 3 nitrogen and oxygen atoms in total.